The van der Waals surface area contributed by atoms with Gasteiger partial charge in [-0.2, -0.15) is 0 Å². The van der Waals surface area contributed by atoms with Gasteiger partial charge in [-0.3, -0.25) is 14.9 Å². The number of nitrogens with zero attached hydrogens (tertiary/aromatic N) is 2. The van der Waals surface area contributed by atoms with E-state index in [2.05, 4.69) is 10.6 Å². The minimum Gasteiger partial charge on any atom is -0.450 e. The van der Waals surface area contributed by atoms with Crippen molar-refractivity contribution in [3.8, 4) is 0 Å². The minimum absolute atomic E-state index is 0.00471. The fourth-order valence-electron chi connectivity index (χ4n) is 2.61. The average molecular weight is 350 g/mol. The van der Waals surface area contributed by atoms with Crippen LogP contribution in [0.15, 0.2) is 24.3 Å². The van der Waals surface area contributed by atoms with Crippen molar-refractivity contribution < 1.29 is 19.2 Å². The molecule has 0 saturated carbocycles. The molecule has 0 bridgehead atoms. The summed E-state index contributed by atoms with van der Waals surface area (Å²) in [6, 6.07) is 6.00. The van der Waals surface area contributed by atoms with Crippen LogP contribution in [0.1, 0.15) is 19.8 Å². The zero-order valence-electron chi connectivity index (χ0n) is 14.1. The van der Waals surface area contributed by atoms with Gasteiger partial charge in [-0.15, -0.1) is 0 Å². The molecule has 2 N–H and O–H groups in total. The quantitative estimate of drug-likeness (QED) is 0.597. The molecule has 1 aromatic carbocycles. The van der Waals surface area contributed by atoms with E-state index in [0.29, 0.717) is 38.2 Å². The number of anilines is 1. The standard InChI is InChI=1S/C16H22N4O5/c1-2-25-16(22)19-8-6-12(7-9-19)18-15(21)11-17-13-4-3-5-14(10-13)20(23)24/h3-5,10,12,17H,2,6-9,11H2,1H3,(H,18,21). The molecule has 1 fully saturated rings. The van der Waals surface area contributed by atoms with Crippen LogP contribution < -0.4 is 10.6 Å². The molecule has 2 amide bonds. The number of hydrogen-bond acceptors (Lipinski definition) is 6. The van der Waals surface area contributed by atoms with E-state index in [4.69, 9.17) is 4.74 Å². The number of piperidine rings is 1. The summed E-state index contributed by atoms with van der Waals surface area (Å²) in [6.07, 6.45) is 1.02. The number of likely N-dealkylation sites (tertiary alicyclic amines) is 1. The van der Waals surface area contributed by atoms with Crippen LogP contribution in [0.2, 0.25) is 0 Å². The lowest BCUT2D eigenvalue weighted by molar-refractivity contribution is -0.384. The molecule has 1 aromatic rings. The lowest BCUT2D eigenvalue weighted by Gasteiger charge is -2.31. The van der Waals surface area contributed by atoms with Gasteiger partial charge in [0.25, 0.3) is 5.69 Å². The molecule has 0 aromatic heterocycles. The van der Waals surface area contributed by atoms with Crippen molar-refractivity contribution in [2.24, 2.45) is 0 Å². The summed E-state index contributed by atoms with van der Waals surface area (Å²) in [7, 11) is 0. The highest BCUT2D eigenvalue weighted by Gasteiger charge is 2.24. The van der Waals surface area contributed by atoms with Gasteiger partial charge in [0.1, 0.15) is 0 Å². The van der Waals surface area contributed by atoms with Gasteiger partial charge in [0.2, 0.25) is 5.91 Å². The monoisotopic (exact) mass is 350 g/mol. The molecule has 0 radical (unpaired) electrons. The van der Waals surface area contributed by atoms with Gasteiger partial charge in [-0.25, -0.2) is 4.79 Å². The predicted molar refractivity (Wildman–Crippen MR) is 91.3 cm³/mol. The first-order valence-corrected chi connectivity index (χ1v) is 8.19. The van der Waals surface area contributed by atoms with Gasteiger partial charge >= 0.3 is 6.09 Å². The van der Waals surface area contributed by atoms with E-state index in [1.807, 2.05) is 0 Å². The lowest BCUT2D eigenvalue weighted by Crippen LogP contribution is -2.47. The number of amides is 2. The molecule has 1 aliphatic heterocycles. The summed E-state index contributed by atoms with van der Waals surface area (Å²) in [6.45, 7) is 3.22. The fraction of sp³-hybridized carbons (Fsp3) is 0.500. The van der Waals surface area contributed by atoms with E-state index >= 15 is 0 Å². The molecule has 0 spiro atoms. The van der Waals surface area contributed by atoms with Crippen LogP contribution in [0.25, 0.3) is 0 Å². The zero-order chi connectivity index (χ0) is 18.2. The number of nitro benzene ring substituents is 1. The van der Waals surface area contributed by atoms with Gasteiger partial charge in [-0.05, 0) is 25.8 Å². The van der Waals surface area contributed by atoms with Crippen LogP contribution in [0.3, 0.4) is 0 Å². The van der Waals surface area contributed by atoms with Crippen molar-refractivity contribution >= 4 is 23.4 Å². The normalized spacial score (nSPS) is 14.7. The topological polar surface area (TPSA) is 114 Å². The first-order chi connectivity index (χ1) is 12.0. The number of hydrogen-bond donors (Lipinski definition) is 2. The average Bonchev–Trinajstić information content (AvgIpc) is 2.61. The van der Waals surface area contributed by atoms with Gasteiger partial charge in [0.05, 0.1) is 18.1 Å². The summed E-state index contributed by atoms with van der Waals surface area (Å²) in [5.74, 6) is -0.193. The van der Waals surface area contributed by atoms with E-state index in [0.717, 1.165) is 0 Å². The SMILES string of the molecule is CCOC(=O)N1CCC(NC(=O)CNc2cccc([N+](=O)[O-])c2)CC1. The first-order valence-electron chi connectivity index (χ1n) is 8.19. The number of nitro groups is 1. The minimum atomic E-state index is -0.484. The molecule has 9 nitrogen and oxygen atoms in total. The molecule has 136 valence electrons. The third kappa shape index (κ3) is 5.63. The molecule has 25 heavy (non-hydrogen) atoms. The van der Waals surface area contributed by atoms with Crippen LogP contribution in [-0.4, -0.2) is 54.1 Å². The summed E-state index contributed by atoms with van der Waals surface area (Å²) in [4.78, 5) is 35.5. The van der Waals surface area contributed by atoms with Crippen LogP contribution in [0, 0.1) is 10.1 Å². The molecule has 0 unspecified atom stereocenters. The summed E-state index contributed by atoms with van der Waals surface area (Å²) in [5, 5.41) is 16.5. The zero-order valence-corrected chi connectivity index (χ0v) is 14.1. The van der Waals surface area contributed by atoms with Crippen LogP contribution in [0.4, 0.5) is 16.2 Å². The van der Waals surface area contributed by atoms with E-state index < -0.39 is 4.92 Å². The van der Waals surface area contributed by atoms with Crippen LogP contribution in [0.5, 0.6) is 0 Å². The Morgan fingerprint density at radius 1 is 1.36 bits per heavy atom. The number of carbonyl (C=O) groups excluding carboxylic acids is 2. The third-order valence-electron chi connectivity index (χ3n) is 3.90. The van der Waals surface area contributed by atoms with E-state index in [1.54, 1.807) is 24.0 Å². The Kier molecular flexibility index (Phi) is 6.55. The summed E-state index contributed by atoms with van der Waals surface area (Å²) in [5.41, 5.74) is 0.484. The highest BCUT2D eigenvalue weighted by molar-refractivity contribution is 5.81. The number of carbonyl (C=O) groups is 2. The molecule has 1 heterocycles. The van der Waals surface area contributed by atoms with Crippen molar-refractivity contribution in [1.29, 1.82) is 0 Å². The molecule has 1 aliphatic rings. The Hall–Kier alpha value is -2.84. The fourth-order valence-corrected chi connectivity index (χ4v) is 2.61. The number of nitrogens with one attached hydrogen (secondary N) is 2. The van der Waals surface area contributed by atoms with E-state index in [1.165, 1.54) is 12.1 Å². The number of benzene rings is 1. The highest BCUT2D eigenvalue weighted by Crippen LogP contribution is 2.16. The van der Waals surface area contributed by atoms with Crippen molar-refractivity contribution in [2.75, 3.05) is 31.6 Å². The molecule has 0 aliphatic carbocycles. The molecule has 0 atom stereocenters. The first kappa shape index (κ1) is 18.5. The van der Waals surface area contributed by atoms with E-state index in [-0.39, 0.29) is 30.3 Å². The second-order valence-corrected chi connectivity index (χ2v) is 5.69. The second-order valence-electron chi connectivity index (χ2n) is 5.69. The number of ether oxygens (including phenoxy) is 1. The largest absolute Gasteiger partial charge is 0.450 e. The van der Waals surface area contributed by atoms with Crippen molar-refractivity contribution in [3.63, 3.8) is 0 Å². The van der Waals surface area contributed by atoms with Gasteiger partial charge < -0.3 is 20.3 Å². The smallest absolute Gasteiger partial charge is 0.409 e. The Labute approximate surface area is 145 Å². The second kappa shape index (κ2) is 8.86. The van der Waals surface area contributed by atoms with Crippen molar-refractivity contribution in [3.05, 3.63) is 34.4 Å². The maximum atomic E-state index is 12.0. The van der Waals surface area contributed by atoms with Gasteiger partial charge in [-0.1, -0.05) is 6.07 Å². The predicted octanol–water partition coefficient (Wildman–Crippen LogP) is 1.74. The van der Waals surface area contributed by atoms with Crippen LogP contribution in [-0.2, 0) is 9.53 Å². The maximum Gasteiger partial charge on any atom is 0.409 e. The summed E-state index contributed by atoms with van der Waals surface area (Å²) >= 11 is 0. The Bertz CT molecular complexity index is 629. The summed E-state index contributed by atoms with van der Waals surface area (Å²) < 4.78 is 4.95. The highest BCUT2D eigenvalue weighted by atomic mass is 16.6. The van der Waals surface area contributed by atoms with Crippen LogP contribution >= 0.6 is 0 Å². The third-order valence-corrected chi connectivity index (χ3v) is 3.90. The van der Waals surface area contributed by atoms with Crippen molar-refractivity contribution in [2.45, 2.75) is 25.8 Å². The Morgan fingerprint density at radius 2 is 2.08 bits per heavy atom. The molecule has 9 heteroatoms. The number of non-ortho nitro benzene ring substituents is 1. The molecular formula is C16H22N4O5. The molecular weight excluding hydrogens is 328 g/mol. The lowest BCUT2D eigenvalue weighted by atomic mass is 10.1. The maximum absolute atomic E-state index is 12.0. The van der Waals surface area contributed by atoms with E-state index in [9.17, 15) is 19.7 Å². The molecule has 2 rings (SSSR count). The Morgan fingerprint density at radius 3 is 2.72 bits per heavy atom. The number of rotatable bonds is 6. The van der Waals surface area contributed by atoms with Crippen molar-refractivity contribution in [1.82, 2.24) is 10.2 Å². The Balaban J connectivity index is 1.73. The van der Waals surface area contributed by atoms with Gasteiger partial charge in [0, 0.05) is 37.0 Å². The molecule has 1 saturated heterocycles. The van der Waals surface area contributed by atoms with Gasteiger partial charge in [0.15, 0.2) is 0 Å².